The number of nitrogens with zero attached hydrogens (tertiary/aromatic N) is 2. The van der Waals surface area contributed by atoms with E-state index < -0.39 is 10.0 Å². The van der Waals surface area contributed by atoms with Crippen molar-refractivity contribution in [3.8, 4) is 5.75 Å². The van der Waals surface area contributed by atoms with Gasteiger partial charge in [-0.05, 0) is 25.0 Å². The highest BCUT2D eigenvalue weighted by atomic mass is 32.2. The predicted molar refractivity (Wildman–Crippen MR) is 84.2 cm³/mol. The number of methoxy groups -OCH3 is 1. The van der Waals surface area contributed by atoms with E-state index >= 15 is 0 Å². The van der Waals surface area contributed by atoms with E-state index in [4.69, 9.17) is 4.74 Å². The zero-order chi connectivity index (χ0) is 15.3. The molecular weight excluding hydrogens is 288 g/mol. The zero-order valence-corrected chi connectivity index (χ0v) is 13.6. The summed E-state index contributed by atoms with van der Waals surface area (Å²) in [6.45, 7) is 5.43. The molecule has 0 aliphatic carbocycles. The summed E-state index contributed by atoms with van der Waals surface area (Å²) in [5.74, 6) is 1.11. The molecule has 1 aliphatic heterocycles. The quantitative estimate of drug-likeness (QED) is 0.792. The number of ether oxygens (including phenoxy) is 1. The zero-order valence-electron chi connectivity index (χ0n) is 12.8. The van der Waals surface area contributed by atoms with E-state index in [-0.39, 0.29) is 5.75 Å². The van der Waals surface area contributed by atoms with Crippen molar-refractivity contribution >= 4 is 10.0 Å². The van der Waals surface area contributed by atoms with E-state index in [0.717, 1.165) is 31.8 Å². The molecular formula is C15H24N2O3S. The van der Waals surface area contributed by atoms with Gasteiger partial charge in [-0.3, -0.25) is 0 Å². The number of piperazine rings is 1. The van der Waals surface area contributed by atoms with Gasteiger partial charge < -0.3 is 9.64 Å². The summed E-state index contributed by atoms with van der Waals surface area (Å²) in [6.07, 6.45) is 0.921. The van der Waals surface area contributed by atoms with E-state index in [1.54, 1.807) is 18.3 Å². The summed E-state index contributed by atoms with van der Waals surface area (Å²) < 4.78 is 30.6. The van der Waals surface area contributed by atoms with Gasteiger partial charge in [0.25, 0.3) is 0 Å². The Balaban J connectivity index is 1.84. The Bertz CT molecular complexity index is 552. The molecule has 0 amide bonds. The Hall–Kier alpha value is -1.11. The number of hydrogen-bond acceptors (Lipinski definition) is 4. The van der Waals surface area contributed by atoms with Crippen LogP contribution >= 0.6 is 0 Å². The molecule has 1 heterocycles. The van der Waals surface area contributed by atoms with Crippen molar-refractivity contribution in [3.63, 3.8) is 0 Å². The Labute approximate surface area is 127 Å². The minimum Gasteiger partial charge on any atom is -0.496 e. The number of benzene rings is 1. The normalized spacial score (nSPS) is 17.8. The van der Waals surface area contributed by atoms with Crippen molar-refractivity contribution in [2.45, 2.75) is 13.3 Å². The van der Waals surface area contributed by atoms with E-state index in [1.165, 1.54) is 5.56 Å². The molecule has 21 heavy (non-hydrogen) atoms. The van der Waals surface area contributed by atoms with E-state index in [9.17, 15) is 8.42 Å². The Morgan fingerprint density at radius 2 is 1.81 bits per heavy atom. The second-order valence-electron chi connectivity index (χ2n) is 5.20. The lowest BCUT2D eigenvalue weighted by atomic mass is 10.1. The topological polar surface area (TPSA) is 49.9 Å². The molecule has 0 spiro atoms. The number of hydrogen-bond donors (Lipinski definition) is 0. The largest absolute Gasteiger partial charge is 0.496 e. The van der Waals surface area contributed by atoms with Crippen molar-refractivity contribution in [1.29, 1.82) is 0 Å². The van der Waals surface area contributed by atoms with Crippen LogP contribution in [0.5, 0.6) is 5.75 Å². The summed E-state index contributed by atoms with van der Waals surface area (Å²) in [5, 5.41) is 0. The van der Waals surface area contributed by atoms with Crippen molar-refractivity contribution in [1.82, 2.24) is 9.21 Å². The van der Waals surface area contributed by atoms with Crippen LogP contribution in [0.25, 0.3) is 0 Å². The molecule has 118 valence electrons. The smallest absolute Gasteiger partial charge is 0.213 e. The average molecular weight is 312 g/mol. The minimum atomic E-state index is -3.04. The molecule has 0 radical (unpaired) electrons. The van der Waals surface area contributed by atoms with Gasteiger partial charge in [-0.15, -0.1) is 0 Å². The maximum atomic E-state index is 11.8. The van der Waals surface area contributed by atoms with Gasteiger partial charge in [0.2, 0.25) is 10.0 Å². The van der Waals surface area contributed by atoms with Crippen LogP contribution in [0.1, 0.15) is 12.5 Å². The molecule has 0 atom stereocenters. The van der Waals surface area contributed by atoms with Crippen LogP contribution in [0.2, 0.25) is 0 Å². The van der Waals surface area contributed by atoms with Crippen LogP contribution in [0.15, 0.2) is 24.3 Å². The molecule has 0 unspecified atom stereocenters. The first-order valence-electron chi connectivity index (χ1n) is 7.39. The fourth-order valence-electron chi connectivity index (χ4n) is 2.60. The standard InChI is InChI=1S/C15H24N2O3S/c1-3-21(18,19)17-12-10-16(11-13-17)9-8-14-6-4-5-7-15(14)20-2/h4-7H,3,8-13H2,1-2H3. The average Bonchev–Trinajstić information content (AvgIpc) is 2.53. The van der Waals surface area contributed by atoms with Gasteiger partial charge in [0.05, 0.1) is 12.9 Å². The third-order valence-corrected chi connectivity index (χ3v) is 5.86. The molecule has 1 aromatic carbocycles. The van der Waals surface area contributed by atoms with Gasteiger partial charge in [-0.2, -0.15) is 4.31 Å². The summed E-state index contributed by atoms with van der Waals surface area (Å²) in [7, 11) is -1.35. The highest BCUT2D eigenvalue weighted by Gasteiger charge is 2.25. The van der Waals surface area contributed by atoms with Crippen LogP contribution < -0.4 is 4.74 Å². The van der Waals surface area contributed by atoms with Crippen molar-refractivity contribution in [3.05, 3.63) is 29.8 Å². The molecule has 1 aromatic rings. The van der Waals surface area contributed by atoms with Crippen molar-refractivity contribution in [2.24, 2.45) is 0 Å². The fraction of sp³-hybridized carbons (Fsp3) is 0.600. The highest BCUT2D eigenvalue weighted by Crippen LogP contribution is 2.18. The third kappa shape index (κ3) is 4.18. The molecule has 1 aliphatic rings. The molecule has 5 nitrogen and oxygen atoms in total. The monoisotopic (exact) mass is 312 g/mol. The lowest BCUT2D eigenvalue weighted by molar-refractivity contribution is 0.190. The Kier molecular flexibility index (Phi) is 5.61. The molecule has 1 saturated heterocycles. The lowest BCUT2D eigenvalue weighted by Gasteiger charge is -2.33. The van der Waals surface area contributed by atoms with Crippen molar-refractivity contribution in [2.75, 3.05) is 45.6 Å². The van der Waals surface area contributed by atoms with Crippen LogP contribution in [-0.2, 0) is 16.4 Å². The second kappa shape index (κ2) is 7.24. The van der Waals surface area contributed by atoms with Gasteiger partial charge in [-0.1, -0.05) is 18.2 Å². The van der Waals surface area contributed by atoms with Crippen LogP contribution in [-0.4, -0.2) is 63.2 Å². The van der Waals surface area contributed by atoms with Gasteiger partial charge in [0.15, 0.2) is 0 Å². The molecule has 6 heteroatoms. The second-order valence-corrected chi connectivity index (χ2v) is 7.46. The number of rotatable bonds is 6. The molecule has 0 N–H and O–H groups in total. The van der Waals surface area contributed by atoms with Gasteiger partial charge in [-0.25, -0.2) is 8.42 Å². The van der Waals surface area contributed by atoms with E-state index in [1.807, 2.05) is 18.2 Å². The van der Waals surface area contributed by atoms with Gasteiger partial charge >= 0.3 is 0 Å². The van der Waals surface area contributed by atoms with Crippen molar-refractivity contribution < 1.29 is 13.2 Å². The summed E-state index contributed by atoms with van der Waals surface area (Å²) in [6, 6.07) is 8.04. The SMILES string of the molecule is CCS(=O)(=O)N1CCN(CCc2ccccc2OC)CC1. The highest BCUT2D eigenvalue weighted by molar-refractivity contribution is 7.89. The number of para-hydroxylation sites is 1. The van der Waals surface area contributed by atoms with Crippen LogP contribution in [0.4, 0.5) is 0 Å². The summed E-state index contributed by atoms with van der Waals surface area (Å²) in [4.78, 5) is 2.31. The summed E-state index contributed by atoms with van der Waals surface area (Å²) >= 11 is 0. The van der Waals surface area contributed by atoms with Crippen LogP contribution in [0, 0.1) is 0 Å². The number of sulfonamides is 1. The Morgan fingerprint density at radius 3 is 2.43 bits per heavy atom. The Morgan fingerprint density at radius 1 is 1.14 bits per heavy atom. The first-order chi connectivity index (χ1) is 10.1. The van der Waals surface area contributed by atoms with E-state index in [2.05, 4.69) is 11.0 Å². The predicted octanol–water partition coefficient (Wildman–Crippen LogP) is 1.21. The first kappa shape index (κ1) is 16.3. The lowest BCUT2D eigenvalue weighted by Crippen LogP contribution is -2.49. The van der Waals surface area contributed by atoms with E-state index in [0.29, 0.717) is 13.1 Å². The fourth-order valence-corrected chi connectivity index (χ4v) is 3.69. The van der Waals surface area contributed by atoms with Gasteiger partial charge in [0, 0.05) is 32.7 Å². The van der Waals surface area contributed by atoms with Crippen LogP contribution in [0.3, 0.4) is 0 Å². The molecule has 0 bridgehead atoms. The molecule has 1 fully saturated rings. The molecule has 0 aromatic heterocycles. The maximum Gasteiger partial charge on any atom is 0.213 e. The molecule has 2 rings (SSSR count). The first-order valence-corrected chi connectivity index (χ1v) is 9.00. The third-order valence-electron chi connectivity index (χ3n) is 3.98. The van der Waals surface area contributed by atoms with Gasteiger partial charge in [0.1, 0.15) is 5.75 Å². The molecule has 0 saturated carbocycles. The minimum absolute atomic E-state index is 0.189. The summed E-state index contributed by atoms with van der Waals surface area (Å²) in [5.41, 5.74) is 1.20. The maximum absolute atomic E-state index is 11.8.